The topological polar surface area (TPSA) is 134 Å². The molecule has 1 aromatic carbocycles. The number of benzene rings is 1. The molecule has 1 saturated heterocycles. The number of hydrogen-bond acceptors (Lipinski definition) is 7. The summed E-state index contributed by atoms with van der Waals surface area (Å²) in [7, 11) is 3.44. The summed E-state index contributed by atoms with van der Waals surface area (Å²) in [4.78, 5) is 26.9. The molecule has 4 N–H and O–H groups in total. The lowest BCUT2D eigenvalue weighted by atomic mass is 9.78. The van der Waals surface area contributed by atoms with Crippen LogP contribution in [0.25, 0.3) is 10.9 Å². The highest BCUT2D eigenvalue weighted by molar-refractivity contribution is 6.03. The van der Waals surface area contributed by atoms with Crippen molar-refractivity contribution >= 4 is 28.2 Å². The van der Waals surface area contributed by atoms with Crippen LogP contribution in [0.1, 0.15) is 49.5 Å². The lowest BCUT2D eigenvalue weighted by molar-refractivity contribution is 0.0695. The number of carboxylic acids is 1. The summed E-state index contributed by atoms with van der Waals surface area (Å²) in [6, 6.07) is 4.27. The standard InChI is InChI=1S/C24H31N5O4/c1-24(2,12-25)22(27-3)13-7-8-28(10-13)17-9-16(26)18-19(21(17)33-4)29(14-5-6-14)11-15(20(18)30)23(31)32/h9,11,13-14,22,27H,5-8,10,26H2,1-4H3,(H,31,32). The second kappa shape index (κ2) is 8.27. The summed E-state index contributed by atoms with van der Waals surface area (Å²) in [6.45, 7) is 5.35. The molecule has 2 unspecified atom stereocenters. The highest BCUT2D eigenvalue weighted by Gasteiger charge is 2.39. The highest BCUT2D eigenvalue weighted by atomic mass is 16.5. The van der Waals surface area contributed by atoms with Crippen LogP contribution in [0.4, 0.5) is 11.4 Å². The van der Waals surface area contributed by atoms with E-state index >= 15 is 0 Å². The van der Waals surface area contributed by atoms with E-state index in [4.69, 9.17) is 10.5 Å². The van der Waals surface area contributed by atoms with Crippen LogP contribution in [0.2, 0.25) is 0 Å². The molecule has 0 bridgehead atoms. The maximum Gasteiger partial charge on any atom is 0.341 e. The normalized spacial score (nSPS) is 19.5. The van der Waals surface area contributed by atoms with Gasteiger partial charge in [-0.15, -0.1) is 0 Å². The van der Waals surface area contributed by atoms with Gasteiger partial charge in [0.25, 0.3) is 0 Å². The number of nitrogens with zero attached hydrogens (tertiary/aromatic N) is 3. The van der Waals surface area contributed by atoms with Gasteiger partial charge in [0.15, 0.2) is 5.75 Å². The van der Waals surface area contributed by atoms with Gasteiger partial charge in [0.05, 0.1) is 35.2 Å². The zero-order valence-corrected chi connectivity index (χ0v) is 19.5. The number of pyridine rings is 1. The average Bonchev–Trinajstić information content (AvgIpc) is 3.51. The lowest BCUT2D eigenvalue weighted by Crippen LogP contribution is -2.46. The Labute approximate surface area is 192 Å². The van der Waals surface area contributed by atoms with Gasteiger partial charge in [-0.25, -0.2) is 4.79 Å². The molecule has 0 radical (unpaired) electrons. The maximum atomic E-state index is 13.0. The summed E-state index contributed by atoms with van der Waals surface area (Å²) in [5.74, 6) is -0.494. The van der Waals surface area contributed by atoms with E-state index in [1.54, 1.807) is 13.2 Å². The number of carbonyl (C=O) groups is 1. The first-order valence-electron chi connectivity index (χ1n) is 11.3. The number of hydrogen-bond donors (Lipinski definition) is 3. The number of nitrogen functional groups attached to an aromatic ring is 1. The number of rotatable bonds is 7. The molecule has 1 aliphatic carbocycles. The number of nitriles is 1. The molecule has 9 heteroatoms. The van der Waals surface area contributed by atoms with Crippen molar-refractivity contribution in [3.05, 3.63) is 28.0 Å². The van der Waals surface area contributed by atoms with Gasteiger partial charge >= 0.3 is 5.97 Å². The largest absolute Gasteiger partial charge is 0.492 e. The van der Waals surface area contributed by atoms with E-state index in [2.05, 4.69) is 16.3 Å². The highest BCUT2D eigenvalue weighted by Crippen LogP contribution is 2.45. The van der Waals surface area contributed by atoms with Crippen LogP contribution in [0, 0.1) is 22.7 Å². The smallest absolute Gasteiger partial charge is 0.341 e. The van der Waals surface area contributed by atoms with Crippen LogP contribution in [0.3, 0.4) is 0 Å². The molecule has 0 amide bonds. The third kappa shape index (κ3) is 3.78. The van der Waals surface area contributed by atoms with Crippen LogP contribution >= 0.6 is 0 Å². The van der Waals surface area contributed by atoms with E-state index in [1.165, 1.54) is 6.20 Å². The van der Waals surface area contributed by atoms with Gasteiger partial charge in [-0.05, 0) is 52.1 Å². The molecule has 4 rings (SSSR count). The Balaban J connectivity index is 1.85. The van der Waals surface area contributed by atoms with Crippen molar-refractivity contribution in [2.24, 2.45) is 11.3 Å². The van der Waals surface area contributed by atoms with Crippen LogP contribution < -0.4 is 26.1 Å². The number of ether oxygens (including phenoxy) is 1. The number of methoxy groups -OCH3 is 1. The first kappa shape index (κ1) is 22.9. The van der Waals surface area contributed by atoms with Gasteiger partial charge < -0.3 is 30.4 Å². The second-order valence-corrected chi connectivity index (χ2v) is 9.65. The number of anilines is 2. The molecule has 1 saturated carbocycles. The fourth-order valence-corrected chi connectivity index (χ4v) is 5.30. The molecule has 0 spiro atoms. The Morgan fingerprint density at radius 2 is 2.09 bits per heavy atom. The van der Waals surface area contributed by atoms with E-state index in [9.17, 15) is 20.0 Å². The van der Waals surface area contributed by atoms with Gasteiger partial charge in [-0.3, -0.25) is 4.79 Å². The van der Waals surface area contributed by atoms with Gasteiger partial charge in [0, 0.05) is 37.1 Å². The molecule has 2 fully saturated rings. The summed E-state index contributed by atoms with van der Waals surface area (Å²) >= 11 is 0. The first-order valence-corrected chi connectivity index (χ1v) is 11.3. The van der Waals surface area contributed by atoms with Crippen molar-refractivity contribution in [1.82, 2.24) is 9.88 Å². The van der Waals surface area contributed by atoms with Gasteiger partial charge in [0.1, 0.15) is 5.56 Å². The summed E-state index contributed by atoms with van der Waals surface area (Å²) in [5.41, 5.74) is 6.55. The fraction of sp³-hybridized carbons (Fsp3) is 0.542. The predicted molar refractivity (Wildman–Crippen MR) is 127 cm³/mol. The number of aromatic carboxylic acids is 1. The van der Waals surface area contributed by atoms with E-state index in [0.717, 1.165) is 31.5 Å². The third-order valence-electron chi connectivity index (χ3n) is 7.05. The molecule has 2 aliphatic rings. The third-order valence-corrected chi connectivity index (χ3v) is 7.05. The van der Waals surface area contributed by atoms with Crippen LogP contribution in [0.5, 0.6) is 5.75 Å². The van der Waals surface area contributed by atoms with Gasteiger partial charge in [-0.2, -0.15) is 5.26 Å². The lowest BCUT2D eigenvalue weighted by Gasteiger charge is -2.33. The Morgan fingerprint density at radius 1 is 1.39 bits per heavy atom. The number of carboxylic acid groups (broad SMARTS) is 1. The molecular formula is C24H31N5O4. The van der Waals surface area contributed by atoms with Crippen molar-refractivity contribution in [3.63, 3.8) is 0 Å². The molecule has 176 valence electrons. The SMILES string of the molecule is CNC(C1CCN(c2cc(N)c3c(=O)c(C(=O)O)cn(C4CC4)c3c2OC)C1)C(C)(C)C#N. The van der Waals surface area contributed by atoms with Crippen LogP contribution in [0.15, 0.2) is 17.1 Å². The molecule has 2 aromatic rings. The Morgan fingerprint density at radius 3 is 2.64 bits per heavy atom. The second-order valence-electron chi connectivity index (χ2n) is 9.65. The predicted octanol–water partition coefficient (Wildman–Crippen LogP) is 2.59. The minimum atomic E-state index is -1.26. The van der Waals surface area contributed by atoms with E-state index in [0.29, 0.717) is 17.8 Å². The quantitative estimate of drug-likeness (QED) is 0.545. The monoisotopic (exact) mass is 453 g/mol. The number of nitrogens with one attached hydrogen (secondary N) is 1. The molecule has 2 heterocycles. The van der Waals surface area contributed by atoms with Crippen LogP contribution in [-0.2, 0) is 0 Å². The van der Waals surface area contributed by atoms with Gasteiger partial charge in [0.2, 0.25) is 5.43 Å². The molecular weight excluding hydrogens is 422 g/mol. The van der Waals surface area contributed by atoms with Gasteiger partial charge in [-0.1, -0.05) is 0 Å². The zero-order chi connectivity index (χ0) is 24.1. The summed E-state index contributed by atoms with van der Waals surface area (Å²) in [6.07, 6.45) is 4.13. The van der Waals surface area contributed by atoms with Crippen molar-refractivity contribution in [1.29, 1.82) is 5.26 Å². The maximum absolute atomic E-state index is 13.0. The fourth-order valence-electron chi connectivity index (χ4n) is 5.30. The molecule has 33 heavy (non-hydrogen) atoms. The van der Waals surface area contributed by atoms with Crippen molar-refractivity contribution in [2.75, 3.05) is 37.9 Å². The Bertz CT molecular complexity index is 1210. The molecule has 1 aromatic heterocycles. The van der Waals surface area contributed by atoms with Crippen molar-refractivity contribution in [3.8, 4) is 11.8 Å². The summed E-state index contributed by atoms with van der Waals surface area (Å²) in [5, 5.41) is 22.7. The number of aromatic nitrogens is 1. The van der Waals surface area contributed by atoms with E-state index in [-0.39, 0.29) is 34.6 Å². The minimum absolute atomic E-state index is 0.0130. The molecule has 9 nitrogen and oxygen atoms in total. The molecule has 2 atom stereocenters. The summed E-state index contributed by atoms with van der Waals surface area (Å²) < 4.78 is 7.69. The van der Waals surface area contributed by atoms with Crippen LogP contribution in [-0.4, -0.2) is 48.9 Å². The Kier molecular flexibility index (Phi) is 5.74. The number of nitrogens with two attached hydrogens (primary N) is 1. The van der Waals surface area contributed by atoms with E-state index < -0.39 is 16.8 Å². The van der Waals surface area contributed by atoms with Crippen molar-refractivity contribution in [2.45, 2.75) is 45.2 Å². The minimum Gasteiger partial charge on any atom is -0.492 e. The Hall–Kier alpha value is -3.25. The van der Waals surface area contributed by atoms with E-state index in [1.807, 2.05) is 25.5 Å². The first-order chi connectivity index (χ1) is 15.6. The average molecular weight is 454 g/mol. The molecule has 1 aliphatic heterocycles. The number of fused-ring (bicyclic) bond motifs is 1. The zero-order valence-electron chi connectivity index (χ0n) is 19.5. The van der Waals surface area contributed by atoms with Crippen molar-refractivity contribution < 1.29 is 14.6 Å².